The first kappa shape index (κ1) is 21.5. The van der Waals surface area contributed by atoms with Crippen LogP contribution in [0.3, 0.4) is 0 Å². The minimum Gasteiger partial charge on any atom is -0.481 e. The average Bonchev–Trinajstić information content (AvgIpc) is 3.18. The van der Waals surface area contributed by atoms with Crippen molar-refractivity contribution in [1.29, 1.82) is 5.26 Å². The van der Waals surface area contributed by atoms with Gasteiger partial charge in [0.05, 0.1) is 24.0 Å². The molecule has 1 aliphatic rings. The van der Waals surface area contributed by atoms with Crippen molar-refractivity contribution in [3.8, 4) is 11.9 Å². The molecule has 0 radical (unpaired) electrons. The normalized spacial score (nSPS) is 16.2. The van der Waals surface area contributed by atoms with E-state index < -0.39 is 0 Å². The van der Waals surface area contributed by atoms with Crippen molar-refractivity contribution in [2.45, 2.75) is 39.3 Å². The van der Waals surface area contributed by atoms with E-state index in [1.54, 1.807) is 23.9 Å². The molecule has 1 aliphatic heterocycles. The highest BCUT2D eigenvalue weighted by Crippen LogP contribution is 2.29. The van der Waals surface area contributed by atoms with Crippen molar-refractivity contribution in [2.24, 2.45) is 0 Å². The van der Waals surface area contributed by atoms with Crippen LogP contribution in [0.15, 0.2) is 30.3 Å². The maximum atomic E-state index is 12.5. The molecule has 8 heteroatoms. The van der Waals surface area contributed by atoms with Gasteiger partial charge in [0.1, 0.15) is 6.07 Å². The molecular weight excluding hydrogens is 406 g/mol. The summed E-state index contributed by atoms with van der Waals surface area (Å²) in [4.78, 5) is 16.8. The number of carbonyl (C=O) groups excluding carboxylic acids is 1. The number of anilines is 1. The maximum Gasteiger partial charge on any atom is 0.248 e. The number of benzene rings is 1. The average molecular weight is 431 g/mol. The van der Waals surface area contributed by atoms with Crippen LogP contribution in [0.1, 0.15) is 48.0 Å². The van der Waals surface area contributed by atoms with Crippen LogP contribution in [0, 0.1) is 25.2 Å². The Bertz CT molecular complexity index is 1210. The highest BCUT2D eigenvalue weighted by Gasteiger charge is 2.21. The molecule has 1 aromatic carbocycles. The molecule has 0 spiro atoms. The number of pyridine rings is 1. The van der Waals surface area contributed by atoms with Gasteiger partial charge in [0, 0.05) is 24.1 Å². The lowest BCUT2D eigenvalue weighted by Gasteiger charge is -2.23. The summed E-state index contributed by atoms with van der Waals surface area (Å²) < 4.78 is 12.8. The molecule has 1 fully saturated rings. The summed E-state index contributed by atoms with van der Waals surface area (Å²) in [7, 11) is 1.56. The first-order valence-electron chi connectivity index (χ1n) is 10.6. The first-order chi connectivity index (χ1) is 15.5. The third kappa shape index (κ3) is 4.34. The number of nitrogens with zero attached hydrogens (tertiary/aromatic N) is 4. The number of amides is 1. The highest BCUT2D eigenvalue weighted by molar-refractivity contribution is 6.03. The van der Waals surface area contributed by atoms with Crippen molar-refractivity contribution in [3.63, 3.8) is 0 Å². The van der Waals surface area contributed by atoms with E-state index in [2.05, 4.69) is 21.5 Å². The number of hydrogen-bond acceptors (Lipinski definition) is 6. The third-order valence-electron chi connectivity index (χ3n) is 5.52. The molecule has 1 N–H and O–H groups in total. The van der Waals surface area contributed by atoms with Gasteiger partial charge in [-0.3, -0.25) is 4.79 Å². The number of aryl methyl sites for hydroxylation is 2. The Morgan fingerprint density at radius 2 is 2.19 bits per heavy atom. The molecule has 0 saturated carbocycles. The quantitative estimate of drug-likeness (QED) is 0.605. The van der Waals surface area contributed by atoms with Crippen LogP contribution in [0.25, 0.3) is 17.0 Å². The topological polar surface area (TPSA) is 102 Å². The third-order valence-corrected chi connectivity index (χ3v) is 5.52. The van der Waals surface area contributed by atoms with Crippen molar-refractivity contribution in [2.75, 3.05) is 19.0 Å². The van der Waals surface area contributed by atoms with Gasteiger partial charge in [-0.2, -0.15) is 10.4 Å². The summed E-state index contributed by atoms with van der Waals surface area (Å²) in [5, 5.41) is 17.6. The highest BCUT2D eigenvalue weighted by atomic mass is 16.5. The molecule has 8 nitrogen and oxygen atoms in total. The minimum atomic E-state index is -0.259. The van der Waals surface area contributed by atoms with Crippen molar-refractivity contribution in [3.05, 3.63) is 52.9 Å². The van der Waals surface area contributed by atoms with Crippen LogP contribution >= 0.6 is 0 Å². The second-order valence-electron chi connectivity index (χ2n) is 7.77. The molecule has 1 saturated heterocycles. The number of hydrogen-bond donors (Lipinski definition) is 1. The Kier molecular flexibility index (Phi) is 6.19. The number of carbonyl (C=O) groups is 1. The van der Waals surface area contributed by atoms with Gasteiger partial charge in [-0.15, -0.1) is 0 Å². The zero-order chi connectivity index (χ0) is 22.7. The molecule has 1 atom stereocenters. The number of fused-ring (bicyclic) bond motifs is 1. The van der Waals surface area contributed by atoms with Crippen LogP contribution < -0.4 is 10.1 Å². The first-order valence-corrected chi connectivity index (χ1v) is 10.6. The number of nitrogens with one attached hydrogen (secondary N) is 1. The summed E-state index contributed by atoms with van der Waals surface area (Å²) in [6.07, 6.45) is 6.00. The summed E-state index contributed by atoms with van der Waals surface area (Å²) in [5.74, 6) is 0.252. The van der Waals surface area contributed by atoms with E-state index >= 15 is 0 Å². The second kappa shape index (κ2) is 9.20. The van der Waals surface area contributed by atoms with Gasteiger partial charge >= 0.3 is 0 Å². The van der Waals surface area contributed by atoms with E-state index in [0.29, 0.717) is 29.6 Å². The Hall–Kier alpha value is -3.70. The van der Waals surface area contributed by atoms with Gasteiger partial charge in [-0.25, -0.2) is 9.67 Å². The number of methoxy groups -OCH3 is 1. The molecule has 0 aliphatic carbocycles. The Morgan fingerprint density at radius 3 is 2.88 bits per heavy atom. The predicted molar refractivity (Wildman–Crippen MR) is 121 cm³/mol. The van der Waals surface area contributed by atoms with E-state index in [9.17, 15) is 10.1 Å². The molecular formula is C24H25N5O3. The zero-order valence-corrected chi connectivity index (χ0v) is 18.4. The van der Waals surface area contributed by atoms with Crippen molar-refractivity contribution in [1.82, 2.24) is 14.8 Å². The molecule has 0 bridgehead atoms. The Balaban J connectivity index is 1.57. The molecule has 32 heavy (non-hydrogen) atoms. The van der Waals surface area contributed by atoms with Crippen molar-refractivity contribution < 1.29 is 14.3 Å². The summed E-state index contributed by atoms with van der Waals surface area (Å²) >= 11 is 0. The fourth-order valence-electron chi connectivity index (χ4n) is 3.90. The zero-order valence-electron chi connectivity index (χ0n) is 18.4. The monoisotopic (exact) mass is 431 g/mol. The Morgan fingerprint density at radius 1 is 1.34 bits per heavy atom. The van der Waals surface area contributed by atoms with Crippen LogP contribution in [0.5, 0.6) is 5.88 Å². The van der Waals surface area contributed by atoms with Crippen LogP contribution in [-0.2, 0) is 9.53 Å². The number of aromatic nitrogens is 3. The van der Waals surface area contributed by atoms with Gasteiger partial charge in [0.15, 0.2) is 11.9 Å². The fraction of sp³-hybridized carbons (Fsp3) is 0.333. The molecule has 4 rings (SSSR count). The molecule has 1 amide bonds. The van der Waals surface area contributed by atoms with Crippen molar-refractivity contribution >= 4 is 28.6 Å². The van der Waals surface area contributed by atoms with Crippen LogP contribution in [-0.4, -0.2) is 34.4 Å². The van der Waals surface area contributed by atoms with Crippen LogP contribution in [0.2, 0.25) is 0 Å². The van der Waals surface area contributed by atoms with Gasteiger partial charge in [-0.1, -0.05) is 6.07 Å². The summed E-state index contributed by atoms with van der Waals surface area (Å²) in [5.41, 5.74) is 4.25. The molecule has 1 unspecified atom stereocenters. The van der Waals surface area contributed by atoms with E-state index in [1.165, 1.54) is 6.08 Å². The standard InChI is InChI=1S/C24H25N5O3/c1-15-12-22(31-3)26-16(2)24(15)27-21(30)10-8-17-7-9-18-19(14-25)28-29(20(18)13-17)23-6-4-5-11-32-23/h7-10,12-13,23H,4-6,11H2,1-3H3,(H,27,30)/b10-8+. The lowest BCUT2D eigenvalue weighted by molar-refractivity contribution is -0.111. The van der Waals surface area contributed by atoms with Gasteiger partial charge < -0.3 is 14.8 Å². The van der Waals surface area contributed by atoms with Gasteiger partial charge in [0.25, 0.3) is 0 Å². The number of ether oxygens (including phenoxy) is 2. The van der Waals surface area contributed by atoms with E-state index in [0.717, 1.165) is 41.3 Å². The molecule has 3 heterocycles. The van der Waals surface area contributed by atoms with E-state index in [1.807, 2.05) is 32.0 Å². The Labute approximate surface area is 186 Å². The fourth-order valence-corrected chi connectivity index (χ4v) is 3.90. The van der Waals surface area contributed by atoms with Gasteiger partial charge in [0.2, 0.25) is 11.8 Å². The SMILES string of the molecule is COc1cc(C)c(NC(=O)/C=C/c2ccc3c(C#N)nn(C4CCCCO4)c3c2)c(C)n1. The lowest BCUT2D eigenvalue weighted by atomic mass is 10.1. The number of nitriles is 1. The van der Waals surface area contributed by atoms with E-state index in [-0.39, 0.29) is 12.1 Å². The smallest absolute Gasteiger partial charge is 0.248 e. The minimum absolute atomic E-state index is 0.176. The van der Waals surface area contributed by atoms with Crippen LogP contribution in [0.4, 0.5) is 5.69 Å². The predicted octanol–water partition coefficient (Wildman–Crippen LogP) is 4.28. The largest absolute Gasteiger partial charge is 0.481 e. The summed E-state index contributed by atoms with van der Waals surface area (Å²) in [6, 6.07) is 9.59. The van der Waals surface area contributed by atoms with Gasteiger partial charge in [-0.05, 0) is 62.4 Å². The second-order valence-corrected chi connectivity index (χ2v) is 7.77. The molecule has 2 aromatic heterocycles. The molecule has 164 valence electrons. The maximum absolute atomic E-state index is 12.5. The molecule has 3 aromatic rings. The lowest BCUT2D eigenvalue weighted by Crippen LogP contribution is -2.19. The van der Waals surface area contributed by atoms with E-state index in [4.69, 9.17) is 9.47 Å². The summed E-state index contributed by atoms with van der Waals surface area (Å²) in [6.45, 7) is 4.41. The number of rotatable bonds is 5.